The van der Waals surface area contributed by atoms with Gasteiger partial charge in [-0.05, 0) is 13.0 Å². The van der Waals surface area contributed by atoms with Gasteiger partial charge in [-0.2, -0.15) is 0 Å². The lowest BCUT2D eigenvalue weighted by atomic mass is 10.2. The molecule has 1 heterocycles. The number of carbonyl (C=O) groups excluding carboxylic acids is 1. The average Bonchev–Trinajstić information content (AvgIpc) is 2.57. The maximum Gasteiger partial charge on any atom is 0.414 e. The molecule has 6 nitrogen and oxygen atoms in total. The Morgan fingerprint density at radius 1 is 1.59 bits per heavy atom. The van der Waals surface area contributed by atoms with E-state index in [-0.39, 0.29) is 16.8 Å². The Morgan fingerprint density at radius 2 is 2.29 bits per heavy atom. The third kappa shape index (κ3) is 2.16. The van der Waals surface area contributed by atoms with E-state index in [9.17, 15) is 14.9 Å². The fourth-order valence-corrected chi connectivity index (χ4v) is 1.91. The summed E-state index contributed by atoms with van der Waals surface area (Å²) in [7, 11) is 0. The summed E-state index contributed by atoms with van der Waals surface area (Å²) in [6, 6.07) is 3.96. The van der Waals surface area contributed by atoms with Gasteiger partial charge in [0.2, 0.25) is 0 Å². The van der Waals surface area contributed by atoms with Gasteiger partial charge >= 0.3 is 6.09 Å². The van der Waals surface area contributed by atoms with E-state index in [1.54, 1.807) is 6.92 Å². The molecule has 1 amide bonds. The number of halogens is 1. The summed E-state index contributed by atoms with van der Waals surface area (Å²) in [5.74, 6) is 0. The van der Waals surface area contributed by atoms with Crippen LogP contribution in [-0.2, 0) is 4.74 Å². The minimum Gasteiger partial charge on any atom is -0.444 e. The molecular formula is C10H9ClN2O4. The van der Waals surface area contributed by atoms with Gasteiger partial charge in [0.25, 0.3) is 5.69 Å². The Labute approximate surface area is 102 Å². The number of benzene rings is 1. The van der Waals surface area contributed by atoms with Crippen LogP contribution in [-0.4, -0.2) is 23.7 Å². The van der Waals surface area contributed by atoms with Gasteiger partial charge in [0.15, 0.2) is 0 Å². The lowest BCUT2D eigenvalue weighted by Gasteiger charge is -2.13. The number of non-ortho nitro benzene ring substituents is 1. The Kier molecular flexibility index (Phi) is 2.89. The van der Waals surface area contributed by atoms with E-state index in [2.05, 4.69) is 0 Å². The first-order valence-corrected chi connectivity index (χ1v) is 5.29. The molecule has 17 heavy (non-hydrogen) atoms. The third-order valence-electron chi connectivity index (χ3n) is 2.39. The smallest absolute Gasteiger partial charge is 0.414 e. The van der Waals surface area contributed by atoms with E-state index >= 15 is 0 Å². The van der Waals surface area contributed by atoms with Crippen molar-refractivity contribution in [3.63, 3.8) is 0 Å². The fraction of sp³-hybridized carbons (Fsp3) is 0.300. The zero-order valence-corrected chi connectivity index (χ0v) is 9.68. The largest absolute Gasteiger partial charge is 0.444 e. The van der Waals surface area contributed by atoms with Crippen LogP contribution in [0.15, 0.2) is 18.2 Å². The first-order chi connectivity index (χ1) is 7.99. The number of amides is 1. The molecule has 0 aromatic heterocycles. The lowest BCUT2D eigenvalue weighted by molar-refractivity contribution is -0.384. The lowest BCUT2D eigenvalue weighted by Crippen LogP contribution is -2.24. The van der Waals surface area contributed by atoms with Crippen LogP contribution in [0.1, 0.15) is 6.92 Å². The molecule has 1 saturated heterocycles. The molecule has 0 spiro atoms. The van der Waals surface area contributed by atoms with Crippen molar-refractivity contribution in [3.05, 3.63) is 33.3 Å². The highest BCUT2D eigenvalue weighted by Crippen LogP contribution is 2.32. The molecular weight excluding hydrogens is 248 g/mol. The average molecular weight is 257 g/mol. The zero-order chi connectivity index (χ0) is 12.6. The molecule has 1 fully saturated rings. The standard InChI is InChI=1S/C10H9ClN2O4/c1-6-5-12(10(14)17-6)9-3-2-7(13(15)16)4-8(9)11/h2-4,6H,5H2,1H3. The second kappa shape index (κ2) is 4.21. The number of nitro groups is 1. The van der Waals surface area contributed by atoms with Crippen LogP contribution in [0.4, 0.5) is 16.2 Å². The number of anilines is 1. The molecule has 0 bridgehead atoms. The van der Waals surface area contributed by atoms with Crippen molar-refractivity contribution in [3.8, 4) is 0 Å². The molecule has 0 N–H and O–H groups in total. The van der Waals surface area contributed by atoms with Crippen LogP contribution in [0, 0.1) is 10.1 Å². The third-order valence-corrected chi connectivity index (χ3v) is 2.70. The number of hydrogen-bond donors (Lipinski definition) is 0. The Hall–Kier alpha value is -1.82. The highest BCUT2D eigenvalue weighted by atomic mass is 35.5. The van der Waals surface area contributed by atoms with E-state index in [1.807, 2.05) is 0 Å². The van der Waals surface area contributed by atoms with Crippen molar-refractivity contribution >= 4 is 29.1 Å². The number of nitrogens with zero attached hydrogens (tertiary/aromatic N) is 2. The first-order valence-electron chi connectivity index (χ1n) is 4.91. The van der Waals surface area contributed by atoms with Gasteiger partial charge in [-0.1, -0.05) is 11.6 Å². The highest BCUT2D eigenvalue weighted by Gasteiger charge is 2.31. The predicted molar refractivity (Wildman–Crippen MR) is 61.4 cm³/mol. The molecule has 90 valence electrons. The van der Waals surface area contributed by atoms with Gasteiger partial charge in [-0.3, -0.25) is 15.0 Å². The SMILES string of the molecule is CC1CN(c2ccc([N+](=O)[O-])cc2Cl)C(=O)O1. The second-order valence-electron chi connectivity index (χ2n) is 3.70. The van der Waals surface area contributed by atoms with Crippen molar-refractivity contribution in [1.29, 1.82) is 0 Å². The molecule has 1 aliphatic rings. The Morgan fingerprint density at radius 3 is 2.76 bits per heavy atom. The predicted octanol–water partition coefficient (Wildman–Crippen LogP) is 2.59. The molecule has 7 heteroatoms. The normalized spacial score (nSPS) is 19.3. The van der Waals surface area contributed by atoms with Crippen LogP contribution >= 0.6 is 11.6 Å². The van der Waals surface area contributed by atoms with Gasteiger partial charge in [0, 0.05) is 12.1 Å². The molecule has 1 aromatic rings. The van der Waals surface area contributed by atoms with Crippen LogP contribution in [0.5, 0.6) is 0 Å². The van der Waals surface area contributed by atoms with Crippen LogP contribution in [0.25, 0.3) is 0 Å². The Bertz CT molecular complexity index is 491. The van der Waals surface area contributed by atoms with Crippen LogP contribution < -0.4 is 4.90 Å². The monoisotopic (exact) mass is 256 g/mol. The molecule has 1 atom stereocenters. The van der Waals surface area contributed by atoms with Crippen LogP contribution in [0.2, 0.25) is 5.02 Å². The van der Waals surface area contributed by atoms with E-state index in [1.165, 1.54) is 23.1 Å². The van der Waals surface area contributed by atoms with Crippen molar-refractivity contribution in [1.82, 2.24) is 0 Å². The first kappa shape index (κ1) is 11.7. The van der Waals surface area contributed by atoms with Crippen molar-refractivity contribution < 1.29 is 14.5 Å². The van der Waals surface area contributed by atoms with E-state index in [0.29, 0.717) is 12.2 Å². The molecule has 0 radical (unpaired) electrons. The number of cyclic esters (lactones) is 1. The fourth-order valence-electron chi connectivity index (χ4n) is 1.63. The van der Waals surface area contributed by atoms with E-state index < -0.39 is 11.0 Å². The molecule has 1 unspecified atom stereocenters. The topological polar surface area (TPSA) is 72.7 Å². The minimum atomic E-state index is -0.541. The Balaban J connectivity index is 2.34. The summed E-state index contributed by atoms with van der Waals surface area (Å²) in [5, 5.41) is 10.7. The molecule has 0 aliphatic carbocycles. The van der Waals surface area contributed by atoms with Gasteiger partial charge in [-0.25, -0.2) is 4.79 Å². The number of nitro benzene ring substituents is 1. The summed E-state index contributed by atoms with van der Waals surface area (Å²) in [6.07, 6.45) is -0.706. The minimum absolute atomic E-state index is 0.112. The summed E-state index contributed by atoms with van der Waals surface area (Å²) >= 11 is 5.91. The molecule has 2 rings (SSSR count). The van der Waals surface area contributed by atoms with Gasteiger partial charge in [0.1, 0.15) is 6.10 Å². The number of hydrogen-bond acceptors (Lipinski definition) is 4. The summed E-state index contributed by atoms with van der Waals surface area (Å²) < 4.78 is 4.96. The second-order valence-corrected chi connectivity index (χ2v) is 4.11. The number of rotatable bonds is 2. The van der Waals surface area contributed by atoms with Gasteiger partial charge in [0.05, 0.1) is 22.2 Å². The van der Waals surface area contributed by atoms with E-state index in [0.717, 1.165) is 0 Å². The van der Waals surface area contributed by atoms with Crippen molar-refractivity contribution in [2.24, 2.45) is 0 Å². The summed E-state index contributed by atoms with van der Waals surface area (Å²) in [4.78, 5) is 22.8. The maximum atomic E-state index is 11.5. The van der Waals surface area contributed by atoms with Gasteiger partial charge < -0.3 is 4.74 Å². The summed E-state index contributed by atoms with van der Waals surface area (Å²) in [5.41, 5.74) is 0.311. The molecule has 0 saturated carbocycles. The highest BCUT2D eigenvalue weighted by molar-refractivity contribution is 6.34. The molecule has 1 aliphatic heterocycles. The van der Waals surface area contributed by atoms with Crippen molar-refractivity contribution in [2.75, 3.05) is 11.4 Å². The summed E-state index contributed by atoms with van der Waals surface area (Å²) in [6.45, 7) is 2.15. The zero-order valence-electron chi connectivity index (χ0n) is 8.92. The van der Waals surface area contributed by atoms with E-state index in [4.69, 9.17) is 16.3 Å². The maximum absolute atomic E-state index is 11.5. The number of carbonyl (C=O) groups is 1. The molecule has 1 aromatic carbocycles. The van der Waals surface area contributed by atoms with Crippen LogP contribution in [0.3, 0.4) is 0 Å². The van der Waals surface area contributed by atoms with Crippen molar-refractivity contribution in [2.45, 2.75) is 13.0 Å². The van der Waals surface area contributed by atoms with Gasteiger partial charge in [-0.15, -0.1) is 0 Å². The number of ether oxygens (including phenoxy) is 1. The quantitative estimate of drug-likeness (QED) is 0.602.